The van der Waals surface area contributed by atoms with Crippen LogP contribution in [0.1, 0.15) is 41.3 Å². The fraction of sp³-hybridized carbons (Fsp3) is 0.200. The summed E-state index contributed by atoms with van der Waals surface area (Å²) in [5.41, 5.74) is 8.80. The Morgan fingerprint density at radius 3 is 2.45 bits per heavy atom. The highest BCUT2D eigenvalue weighted by molar-refractivity contribution is 6.00. The molecule has 110 valence electrons. The number of nitrogens with one attached hydrogen (secondary N) is 1. The molecule has 1 aliphatic heterocycles. The van der Waals surface area contributed by atoms with Crippen molar-refractivity contribution in [3.8, 4) is 0 Å². The zero-order chi connectivity index (χ0) is 15.4. The Hall–Kier alpha value is -2.57. The van der Waals surface area contributed by atoms with E-state index in [0.717, 1.165) is 29.5 Å². The molecular weight excluding hydrogens is 270 g/mol. The summed E-state index contributed by atoms with van der Waals surface area (Å²) in [6, 6.07) is 18.1. The Balaban J connectivity index is 2.19. The molecule has 1 aliphatic rings. The lowest BCUT2D eigenvalue weighted by atomic mass is 9.96. The number of fused-ring (bicyclic) bond motifs is 1. The lowest BCUT2D eigenvalue weighted by Gasteiger charge is -2.06. The van der Waals surface area contributed by atoms with Gasteiger partial charge in [0, 0.05) is 23.3 Å². The van der Waals surface area contributed by atoms with Crippen molar-refractivity contribution in [2.75, 3.05) is 6.54 Å². The van der Waals surface area contributed by atoms with Crippen LogP contribution in [-0.4, -0.2) is 12.5 Å². The second-order valence-corrected chi connectivity index (χ2v) is 5.35. The van der Waals surface area contributed by atoms with Crippen LogP contribution in [0.4, 0.5) is 0 Å². The van der Waals surface area contributed by atoms with Gasteiger partial charge in [-0.3, -0.25) is 4.79 Å². The monoisotopic (exact) mass is 289 g/mol. The van der Waals surface area contributed by atoms with Crippen LogP contribution in [0.25, 0.3) is 11.1 Å². The summed E-state index contributed by atoms with van der Waals surface area (Å²) < 4.78 is 0. The third kappa shape index (κ3) is 2.88. The van der Waals surface area contributed by atoms with Crippen molar-refractivity contribution in [3.63, 3.8) is 0 Å². The fourth-order valence-electron chi connectivity index (χ4n) is 2.79. The molecule has 2 nitrogen and oxygen atoms in total. The molecule has 3 rings (SSSR count). The van der Waals surface area contributed by atoms with E-state index >= 15 is 0 Å². The van der Waals surface area contributed by atoms with Crippen LogP contribution < -0.4 is 5.32 Å². The largest absolute Gasteiger partial charge is 0.352 e. The smallest absolute Gasteiger partial charge is 0.251 e. The van der Waals surface area contributed by atoms with Gasteiger partial charge in [0.1, 0.15) is 0 Å². The summed E-state index contributed by atoms with van der Waals surface area (Å²) in [6.07, 6.45) is 1.72. The fourth-order valence-corrected chi connectivity index (χ4v) is 2.79. The highest BCUT2D eigenvalue weighted by Gasteiger charge is 2.17. The van der Waals surface area contributed by atoms with E-state index in [1.54, 1.807) is 0 Å². The van der Waals surface area contributed by atoms with E-state index in [1.165, 1.54) is 11.1 Å². The minimum atomic E-state index is 0.00478. The van der Waals surface area contributed by atoms with Crippen molar-refractivity contribution in [1.82, 2.24) is 5.32 Å². The average Bonchev–Trinajstić information content (AvgIpc) is 2.73. The van der Waals surface area contributed by atoms with E-state index in [4.69, 9.17) is 0 Å². The Morgan fingerprint density at radius 2 is 1.73 bits per heavy atom. The first-order valence-electron chi connectivity index (χ1n) is 7.71. The second kappa shape index (κ2) is 6.46. The molecule has 0 saturated carbocycles. The Morgan fingerprint density at radius 1 is 1.05 bits per heavy atom. The molecule has 0 radical (unpaired) electrons. The van der Waals surface area contributed by atoms with E-state index < -0.39 is 0 Å². The van der Waals surface area contributed by atoms with Gasteiger partial charge in [0.05, 0.1) is 0 Å². The highest BCUT2D eigenvalue weighted by atomic mass is 16.1. The zero-order valence-electron chi connectivity index (χ0n) is 12.7. The first-order chi connectivity index (χ1) is 10.8. The van der Waals surface area contributed by atoms with Gasteiger partial charge in [-0.15, -0.1) is 5.73 Å². The minimum absolute atomic E-state index is 0.00478. The molecule has 0 aromatic heterocycles. The first kappa shape index (κ1) is 14.4. The molecule has 0 unspecified atom stereocenters. The Bertz CT molecular complexity index is 752. The maximum Gasteiger partial charge on any atom is 0.251 e. The second-order valence-electron chi connectivity index (χ2n) is 5.35. The summed E-state index contributed by atoms with van der Waals surface area (Å²) in [5, 5.41) is 2.95. The van der Waals surface area contributed by atoms with Crippen molar-refractivity contribution >= 4 is 17.1 Å². The molecular formula is C20H19NO. The standard InChI is InChI=1S/C20H19NO/c1-2-15(16-8-4-3-5-9-16)14-17-12-13-21-20(22)19-11-7-6-10-18(17)19/h3-11H,2,12-13H2,1H3,(H,21,22). The van der Waals surface area contributed by atoms with Crippen molar-refractivity contribution in [2.24, 2.45) is 0 Å². The quantitative estimate of drug-likeness (QED) is 0.821. The van der Waals surface area contributed by atoms with Crippen LogP contribution in [-0.2, 0) is 0 Å². The van der Waals surface area contributed by atoms with Gasteiger partial charge < -0.3 is 5.32 Å². The van der Waals surface area contributed by atoms with E-state index in [2.05, 4.69) is 30.1 Å². The predicted molar refractivity (Wildman–Crippen MR) is 90.5 cm³/mol. The molecule has 0 saturated heterocycles. The number of rotatable bonds is 2. The highest BCUT2D eigenvalue weighted by Crippen LogP contribution is 2.26. The zero-order valence-corrected chi connectivity index (χ0v) is 12.7. The molecule has 2 aromatic carbocycles. The van der Waals surface area contributed by atoms with Gasteiger partial charge in [-0.1, -0.05) is 55.5 Å². The van der Waals surface area contributed by atoms with Crippen molar-refractivity contribution < 1.29 is 4.79 Å². The van der Waals surface area contributed by atoms with Crippen molar-refractivity contribution in [2.45, 2.75) is 19.8 Å². The summed E-state index contributed by atoms with van der Waals surface area (Å²) in [6.45, 7) is 2.80. The molecule has 2 heteroatoms. The third-order valence-corrected chi connectivity index (χ3v) is 3.93. The minimum Gasteiger partial charge on any atom is -0.352 e. The van der Waals surface area contributed by atoms with Crippen LogP contribution in [0.3, 0.4) is 0 Å². The maximum atomic E-state index is 12.1. The summed E-state index contributed by atoms with van der Waals surface area (Å²) in [4.78, 5) is 12.1. The van der Waals surface area contributed by atoms with E-state index in [9.17, 15) is 4.79 Å². The summed E-state index contributed by atoms with van der Waals surface area (Å²) in [5.74, 6) is 0.00478. The molecule has 0 atom stereocenters. The average molecular weight is 289 g/mol. The maximum absolute atomic E-state index is 12.1. The number of hydrogen-bond donors (Lipinski definition) is 1. The lowest BCUT2D eigenvalue weighted by molar-refractivity contribution is 0.0956. The molecule has 0 fully saturated rings. The normalized spacial score (nSPS) is 13.7. The van der Waals surface area contributed by atoms with Gasteiger partial charge in [0.2, 0.25) is 0 Å². The van der Waals surface area contributed by atoms with Crippen molar-refractivity contribution in [3.05, 3.63) is 77.0 Å². The molecule has 0 bridgehead atoms. The molecule has 1 amide bonds. The third-order valence-electron chi connectivity index (χ3n) is 3.93. The van der Waals surface area contributed by atoms with Crippen molar-refractivity contribution in [1.29, 1.82) is 0 Å². The van der Waals surface area contributed by atoms with Gasteiger partial charge >= 0.3 is 0 Å². The Labute approximate surface area is 131 Å². The number of carbonyl (C=O) groups is 1. The van der Waals surface area contributed by atoms with Crippen LogP contribution in [0.5, 0.6) is 0 Å². The van der Waals surface area contributed by atoms with E-state index in [0.29, 0.717) is 6.54 Å². The van der Waals surface area contributed by atoms with Gasteiger partial charge in [-0.2, -0.15) is 0 Å². The summed E-state index contributed by atoms with van der Waals surface area (Å²) in [7, 11) is 0. The topological polar surface area (TPSA) is 29.1 Å². The molecule has 1 N–H and O–H groups in total. The van der Waals surface area contributed by atoms with Crippen LogP contribution >= 0.6 is 0 Å². The van der Waals surface area contributed by atoms with Crippen LogP contribution in [0.2, 0.25) is 0 Å². The van der Waals surface area contributed by atoms with Gasteiger partial charge in [-0.25, -0.2) is 0 Å². The number of amides is 1. The SMILES string of the molecule is CCC(=C=C1CCNC(=O)c2ccccc21)c1ccccc1. The van der Waals surface area contributed by atoms with E-state index in [-0.39, 0.29) is 5.91 Å². The van der Waals surface area contributed by atoms with Gasteiger partial charge in [0.25, 0.3) is 5.91 Å². The summed E-state index contributed by atoms with van der Waals surface area (Å²) >= 11 is 0. The van der Waals surface area contributed by atoms with E-state index in [1.807, 2.05) is 42.5 Å². The molecule has 22 heavy (non-hydrogen) atoms. The Kier molecular flexibility index (Phi) is 4.22. The van der Waals surface area contributed by atoms with Gasteiger partial charge in [0.15, 0.2) is 0 Å². The number of hydrogen-bond acceptors (Lipinski definition) is 1. The molecule has 0 spiro atoms. The van der Waals surface area contributed by atoms with Gasteiger partial charge in [-0.05, 0) is 30.0 Å². The molecule has 0 aliphatic carbocycles. The number of carbonyl (C=O) groups excluding carboxylic acids is 1. The molecule has 1 heterocycles. The lowest BCUT2D eigenvalue weighted by Crippen LogP contribution is -2.22. The predicted octanol–water partition coefficient (Wildman–Crippen LogP) is 4.30. The first-order valence-corrected chi connectivity index (χ1v) is 7.71. The van der Waals surface area contributed by atoms with Crippen LogP contribution in [0, 0.1) is 0 Å². The molecule has 2 aromatic rings. The van der Waals surface area contributed by atoms with Crippen LogP contribution in [0.15, 0.2) is 60.3 Å². The number of benzene rings is 2.